The Hall–Kier alpha value is -2.23. The van der Waals surface area contributed by atoms with Crippen LogP contribution in [0, 0.1) is 11.3 Å². The predicted octanol–water partition coefficient (Wildman–Crippen LogP) is 3.73. The van der Waals surface area contributed by atoms with E-state index in [2.05, 4.69) is 23.1 Å². The molecule has 2 aromatic rings. The molecule has 2 aromatic carbocycles. The number of hydrogen-bond donors (Lipinski definition) is 2. The minimum absolute atomic E-state index is 0.105. The number of rotatable bonds is 10. The van der Waals surface area contributed by atoms with Gasteiger partial charge in [-0.1, -0.05) is 42.5 Å². The van der Waals surface area contributed by atoms with Crippen LogP contribution in [0.4, 0.5) is 0 Å². The summed E-state index contributed by atoms with van der Waals surface area (Å²) in [6, 6.07) is 18.2. The molecule has 1 heterocycles. The van der Waals surface area contributed by atoms with E-state index in [0.29, 0.717) is 18.6 Å². The minimum atomic E-state index is -0.262. The number of aliphatic hydroxyl groups excluding tert-OH is 2. The predicted molar refractivity (Wildman–Crippen MR) is 118 cm³/mol. The zero-order valence-corrected chi connectivity index (χ0v) is 17.5. The SMILES string of the molecule is N#Cc1ccccc1-c1ccc(COCCCCCN2CCC(O)CC2CO)cc1. The molecule has 3 rings (SSSR count). The second-order valence-corrected chi connectivity index (χ2v) is 8.02. The molecule has 2 atom stereocenters. The van der Waals surface area contributed by atoms with E-state index in [9.17, 15) is 15.5 Å². The molecule has 1 aliphatic heterocycles. The second-order valence-electron chi connectivity index (χ2n) is 8.02. The summed E-state index contributed by atoms with van der Waals surface area (Å²) in [4.78, 5) is 2.31. The molecule has 0 aliphatic carbocycles. The number of piperidine rings is 1. The van der Waals surface area contributed by atoms with E-state index in [-0.39, 0.29) is 18.8 Å². The smallest absolute Gasteiger partial charge is 0.0998 e. The zero-order valence-electron chi connectivity index (χ0n) is 17.5. The van der Waals surface area contributed by atoms with Crippen molar-refractivity contribution < 1.29 is 14.9 Å². The molecule has 5 heteroatoms. The van der Waals surface area contributed by atoms with E-state index in [1.54, 1.807) is 0 Å². The molecule has 2 N–H and O–H groups in total. The third-order valence-corrected chi connectivity index (χ3v) is 5.84. The quantitative estimate of drug-likeness (QED) is 0.586. The van der Waals surface area contributed by atoms with Crippen molar-refractivity contribution in [3.8, 4) is 17.2 Å². The molecule has 1 saturated heterocycles. The lowest BCUT2D eigenvalue weighted by molar-refractivity contribution is 0.0160. The maximum atomic E-state index is 9.72. The summed E-state index contributed by atoms with van der Waals surface area (Å²) < 4.78 is 5.82. The van der Waals surface area contributed by atoms with Crippen LogP contribution in [0.3, 0.4) is 0 Å². The maximum Gasteiger partial charge on any atom is 0.0998 e. The number of nitrogens with zero attached hydrogens (tertiary/aromatic N) is 2. The highest BCUT2D eigenvalue weighted by Gasteiger charge is 2.26. The molecule has 0 saturated carbocycles. The molecule has 2 unspecified atom stereocenters. The average Bonchev–Trinajstić information content (AvgIpc) is 2.79. The van der Waals surface area contributed by atoms with E-state index in [1.165, 1.54) is 0 Å². The first-order chi connectivity index (χ1) is 14.7. The van der Waals surface area contributed by atoms with Gasteiger partial charge in [-0.2, -0.15) is 5.26 Å². The Labute approximate surface area is 179 Å². The van der Waals surface area contributed by atoms with Gasteiger partial charge in [0.25, 0.3) is 0 Å². The Morgan fingerprint density at radius 3 is 2.63 bits per heavy atom. The molecule has 30 heavy (non-hydrogen) atoms. The van der Waals surface area contributed by atoms with Crippen molar-refractivity contribution in [3.05, 3.63) is 59.7 Å². The van der Waals surface area contributed by atoms with Gasteiger partial charge < -0.3 is 14.9 Å². The summed E-state index contributed by atoms with van der Waals surface area (Å²) >= 11 is 0. The summed E-state index contributed by atoms with van der Waals surface area (Å²) in [5.41, 5.74) is 3.82. The van der Waals surface area contributed by atoms with Crippen LogP contribution in [0.15, 0.2) is 48.5 Å². The van der Waals surface area contributed by atoms with Crippen LogP contribution in [0.25, 0.3) is 11.1 Å². The first-order valence-corrected chi connectivity index (χ1v) is 10.9. The summed E-state index contributed by atoms with van der Waals surface area (Å²) in [5, 5.41) is 28.5. The highest BCUT2D eigenvalue weighted by Crippen LogP contribution is 2.23. The van der Waals surface area contributed by atoms with Gasteiger partial charge in [0.2, 0.25) is 0 Å². The molecular formula is C25H32N2O3. The number of benzene rings is 2. The Bertz CT molecular complexity index is 816. The van der Waals surface area contributed by atoms with Crippen molar-refractivity contribution in [2.24, 2.45) is 0 Å². The third kappa shape index (κ3) is 6.38. The molecule has 0 aromatic heterocycles. The lowest BCUT2D eigenvalue weighted by atomic mass is 9.99. The van der Waals surface area contributed by atoms with Crippen LogP contribution in [0.2, 0.25) is 0 Å². The Morgan fingerprint density at radius 1 is 1.07 bits per heavy atom. The fourth-order valence-corrected chi connectivity index (χ4v) is 4.06. The molecule has 0 bridgehead atoms. The highest BCUT2D eigenvalue weighted by atomic mass is 16.5. The Kier molecular flexibility index (Phi) is 8.85. The summed E-state index contributed by atoms with van der Waals surface area (Å²) in [6.45, 7) is 3.31. The van der Waals surface area contributed by atoms with Gasteiger partial charge >= 0.3 is 0 Å². The van der Waals surface area contributed by atoms with Crippen molar-refractivity contribution in [2.75, 3.05) is 26.3 Å². The molecule has 160 valence electrons. The summed E-state index contributed by atoms with van der Waals surface area (Å²) in [7, 11) is 0. The molecule has 5 nitrogen and oxygen atoms in total. The van der Waals surface area contributed by atoms with Gasteiger partial charge in [0.1, 0.15) is 0 Å². The molecule has 1 fully saturated rings. The van der Waals surface area contributed by atoms with Crippen molar-refractivity contribution in [1.82, 2.24) is 4.90 Å². The van der Waals surface area contributed by atoms with Gasteiger partial charge in [-0.15, -0.1) is 0 Å². The first kappa shape index (κ1) is 22.5. The van der Waals surface area contributed by atoms with E-state index in [4.69, 9.17) is 4.74 Å². The fraction of sp³-hybridized carbons (Fsp3) is 0.480. The topological polar surface area (TPSA) is 76.7 Å². The maximum absolute atomic E-state index is 9.72. The van der Waals surface area contributed by atoms with Gasteiger partial charge in [-0.3, -0.25) is 4.90 Å². The number of hydrogen-bond acceptors (Lipinski definition) is 5. The van der Waals surface area contributed by atoms with Gasteiger partial charge in [0.05, 0.1) is 31.0 Å². The van der Waals surface area contributed by atoms with Gasteiger partial charge in [-0.05, 0) is 61.4 Å². The molecule has 0 amide bonds. The van der Waals surface area contributed by atoms with Gasteiger partial charge in [-0.25, -0.2) is 0 Å². The number of likely N-dealkylation sites (tertiary alicyclic amines) is 1. The molecule has 0 radical (unpaired) electrons. The number of unbranched alkanes of at least 4 members (excludes halogenated alkanes) is 2. The van der Waals surface area contributed by atoms with Crippen LogP contribution in [-0.2, 0) is 11.3 Å². The summed E-state index contributed by atoms with van der Waals surface area (Å²) in [5.74, 6) is 0. The molecule has 0 spiro atoms. The highest BCUT2D eigenvalue weighted by molar-refractivity contribution is 5.70. The number of ether oxygens (including phenoxy) is 1. The van der Waals surface area contributed by atoms with Gasteiger partial charge in [0, 0.05) is 19.2 Å². The van der Waals surface area contributed by atoms with Crippen molar-refractivity contribution >= 4 is 0 Å². The Morgan fingerprint density at radius 2 is 1.87 bits per heavy atom. The van der Waals surface area contributed by atoms with Crippen LogP contribution >= 0.6 is 0 Å². The lowest BCUT2D eigenvalue weighted by Crippen LogP contribution is -2.46. The number of nitriles is 1. The van der Waals surface area contributed by atoms with Crippen LogP contribution in [0.1, 0.15) is 43.2 Å². The monoisotopic (exact) mass is 408 g/mol. The van der Waals surface area contributed by atoms with E-state index in [0.717, 1.165) is 62.1 Å². The van der Waals surface area contributed by atoms with Crippen molar-refractivity contribution in [3.63, 3.8) is 0 Å². The van der Waals surface area contributed by atoms with Crippen molar-refractivity contribution in [2.45, 2.75) is 50.9 Å². The fourth-order valence-electron chi connectivity index (χ4n) is 4.06. The summed E-state index contributed by atoms with van der Waals surface area (Å²) in [6.07, 6.45) is 4.43. The molecular weight excluding hydrogens is 376 g/mol. The average molecular weight is 409 g/mol. The largest absolute Gasteiger partial charge is 0.395 e. The van der Waals surface area contributed by atoms with Crippen LogP contribution in [-0.4, -0.2) is 53.6 Å². The molecule has 1 aliphatic rings. The van der Waals surface area contributed by atoms with Crippen LogP contribution in [0.5, 0.6) is 0 Å². The Balaban J connectivity index is 1.33. The van der Waals surface area contributed by atoms with Crippen molar-refractivity contribution in [1.29, 1.82) is 5.26 Å². The first-order valence-electron chi connectivity index (χ1n) is 10.9. The zero-order chi connectivity index (χ0) is 21.2. The minimum Gasteiger partial charge on any atom is -0.395 e. The third-order valence-electron chi connectivity index (χ3n) is 5.84. The van der Waals surface area contributed by atoms with Gasteiger partial charge in [0.15, 0.2) is 0 Å². The normalized spacial score (nSPS) is 19.5. The van der Waals surface area contributed by atoms with E-state index < -0.39 is 0 Å². The van der Waals surface area contributed by atoms with Crippen LogP contribution < -0.4 is 0 Å². The number of aliphatic hydroxyl groups is 2. The van der Waals surface area contributed by atoms with E-state index >= 15 is 0 Å². The standard InChI is InChI=1S/C25H32N2O3/c26-17-22-6-2-3-7-25(22)21-10-8-20(9-11-21)19-30-15-5-1-4-13-27-14-12-24(29)16-23(27)18-28/h2-3,6-11,23-24,28-29H,1,4-5,12-16,18-19H2. The second kappa shape index (κ2) is 11.8. The van der Waals surface area contributed by atoms with E-state index in [1.807, 2.05) is 36.4 Å². The lowest BCUT2D eigenvalue weighted by Gasteiger charge is -2.36.